The molecule has 2 aromatic rings. The van der Waals surface area contributed by atoms with E-state index >= 15 is 0 Å². The lowest BCUT2D eigenvalue weighted by molar-refractivity contribution is 0.193. The number of urea groups is 1. The Balaban J connectivity index is 1.55. The number of hydrogen-bond donors (Lipinski definition) is 1. The quantitative estimate of drug-likeness (QED) is 0.901. The van der Waals surface area contributed by atoms with E-state index in [1.807, 2.05) is 35.2 Å². The molecule has 2 amide bonds. The molecule has 0 spiro atoms. The van der Waals surface area contributed by atoms with Gasteiger partial charge in [-0.3, -0.25) is 0 Å². The fourth-order valence-electron chi connectivity index (χ4n) is 2.88. The minimum atomic E-state index is -0.0715. The first kappa shape index (κ1) is 17.0. The lowest BCUT2D eigenvalue weighted by atomic mass is 10.2. The average molecular weight is 345 g/mol. The van der Waals surface area contributed by atoms with Gasteiger partial charge in [0, 0.05) is 32.2 Å². The largest absolute Gasteiger partial charge is 0.497 e. The summed E-state index contributed by atoms with van der Waals surface area (Å²) < 4.78 is 15.9. The van der Waals surface area contributed by atoms with Gasteiger partial charge in [-0.15, -0.1) is 0 Å². The van der Waals surface area contributed by atoms with Crippen molar-refractivity contribution in [2.24, 2.45) is 0 Å². The number of benzene rings is 1. The van der Waals surface area contributed by atoms with Crippen LogP contribution in [0.1, 0.15) is 5.76 Å². The summed E-state index contributed by atoms with van der Waals surface area (Å²) in [5, 5.41) is 2.88. The number of hydrogen-bond acceptors (Lipinski definition) is 5. The predicted octanol–water partition coefficient (Wildman–Crippen LogP) is 2.33. The highest BCUT2D eigenvalue weighted by Crippen LogP contribution is 2.32. The minimum Gasteiger partial charge on any atom is -0.497 e. The van der Waals surface area contributed by atoms with Crippen LogP contribution >= 0.6 is 0 Å². The summed E-state index contributed by atoms with van der Waals surface area (Å²) in [6.45, 7) is 3.20. The van der Waals surface area contributed by atoms with E-state index in [-0.39, 0.29) is 6.03 Å². The number of methoxy groups -OCH3 is 2. The van der Waals surface area contributed by atoms with Crippen molar-refractivity contribution >= 4 is 11.7 Å². The van der Waals surface area contributed by atoms with Crippen molar-refractivity contribution < 1.29 is 18.7 Å². The van der Waals surface area contributed by atoms with Gasteiger partial charge in [0.1, 0.15) is 17.3 Å². The van der Waals surface area contributed by atoms with Gasteiger partial charge in [-0.1, -0.05) is 0 Å². The smallest absolute Gasteiger partial charge is 0.317 e. The third-order valence-corrected chi connectivity index (χ3v) is 4.29. The van der Waals surface area contributed by atoms with Crippen molar-refractivity contribution in [3.8, 4) is 11.5 Å². The maximum absolute atomic E-state index is 12.3. The second kappa shape index (κ2) is 7.83. The number of ether oxygens (including phenoxy) is 2. The number of carbonyl (C=O) groups excluding carboxylic acids is 1. The lowest BCUT2D eigenvalue weighted by Crippen LogP contribution is -2.51. The number of nitrogens with zero attached hydrogens (tertiary/aromatic N) is 2. The number of rotatable bonds is 5. The third kappa shape index (κ3) is 3.99. The molecule has 2 heterocycles. The molecule has 7 nitrogen and oxygen atoms in total. The predicted molar refractivity (Wildman–Crippen MR) is 94.3 cm³/mol. The van der Waals surface area contributed by atoms with Crippen LogP contribution in [0.25, 0.3) is 0 Å². The monoisotopic (exact) mass is 345 g/mol. The first-order valence-electron chi connectivity index (χ1n) is 8.23. The Bertz CT molecular complexity index is 694. The molecule has 0 saturated carbocycles. The van der Waals surface area contributed by atoms with Crippen LogP contribution in [0.2, 0.25) is 0 Å². The van der Waals surface area contributed by atoms with Gasteiger partial charge in [-0.05, 0) is 24.3 Å². The van der Waals surface area contributed by atoms with E-state index in [4.69, 9.17) is 13.9 Å². The molecule has 0 atom stereocenters. The normalized spacial score (nSPS) is 14.3. The molecule has 0 radical (unpaired) electrons. The third-order valence-electron chi connectivity index (χ3n) is 4.29. The fourth-order valence-corrected chi connectivity index (χ4v) is 2.88. The molecule has 1 N–H and O–H groups in total. The Hall–Kier alpha value is -2.83. The summed E-state index contributed by atoms with van der Waals surface area (Å²) in [4.78, 5) is 16.3. The first-order valence-corrected chi connectivity index (χ1v) is 8.23. The summed E-state index contributed by atoms with van der Waals surface area (Å²) in [6.07, 6.45) is 1.60. The molecule has 0 aliphatic carbocycles. The maximum Gasteiger partial charge on any atom is 0.317 e. The standard InChI is InChI=1S/C18H23N3O4/c1-23-14-5-6-16(17(12-14)24-2)20-7-9-21(10-8-20)18(22)19-13-15-4-3-11-25-15/h3-6,11-12H,7-10,13H2,1-2H3,(H,19,22). The van der Waals surface area contributed by atoms with Crippen LogP contribution in [0, 0.1) is 0 Å². The van der Waals surface area contributed by atoms with Crippen LogP contribution in [0.15, 0.2) is 41.0 Å². The maximum atomic E-state index is 12.3. The second-order valence-electron chi connectivity index (χ2n) is 5.75. The molecule has 1 aliphatic heterocycles. The topological polar surface area (TPSA) is 67.2 Å². The molecule has 134 valence electrons. The Kier molecular flexibility index (Phi) is 5.33. The van der Waals surface area contributed by atoms with Crippen molar-refractivity contribution in [3.05, 3.63) is 42.4 Å². The highest BCUT2D eigenvalue weighted by Gasteiger charge is 2.23. The van der Waals surface area contributed by atoms with E-state index < -0.39 is 0 Å². The van der Waals surface area contributed by atoms with Gasteiger partial charge in [0.25, 0.3) is 0 Å². The number of anilines is 1. The van der Waals surface area contributed by atoms with Gasteiger partial charge in [0.2, 0.25) is 0 Å². The van der Waals surface area contributed by atoms with Crippen molar-refractivity contribution in [2.75, 3.05) is 45.3 Å². The van der Waals surface area contributed by atoms with Crippen LogP contribution in [0.5, 0.6) is 11.5 Å². The van der Waals surface area contributed by atoms with Crippen molar-refractivity contribution in [1.82, 2.24) is 10.2 Å². The van der Waals surface area contributed by atoms with E-state index in [1.54, 1.807) is 20.5 Å². The highest BCUT2D eigenvalue weighted by atomic mass is 16.5. The highest BCUT2D eigenvalue weighted by molar-refractivity contribution is 5.74. The molecule has 1 saturated heterocycles. The Labute approximate surface area is 147 Å². The van der Waals surface area contributed by atoms with E-state index in [0.29, 0.717) is 19.6 Å². The summed E-state index contributed by atoms with van der Waals surface area (Å²) in [6, 6.07) is 9.36. The molecule has 1 aromatic heterocycles. The van der Waals surface area contributed by atoms with Crippen LogP contribution in [0.4, 0.5) is 10.5 Å². The van der Waals surface area contributed by atoms with Crippen LogP contribution in [0.3, 0.4) is 0 Å². The fraction of sp³-hybridized carbons (Fsp3) is 0.389. The molecule has 0 bridgehead atoms. The Morgan fingerprint density at radius 3 is 2.60 bits per heavy atom. The summed E-state index contributed by atoms with van der Waals surface area (Å²) in [5.41, 5.74) is 1.01. The second-order valence-corrected chi connectivity index (χ2v) is 5.75. The van der Waals surface area contributed by atoms with E-state index in [0.717, 1.165) is 36.0 Å². The van der Waals surface area contributed by atoms with Crippen molar-refractivity contribution in [2.45, 2.75) is 6.54 Å². The number of furan rings is 1. The molecule has 7 heteroatoms. The summed E-state index contributed by atoms with van der Waals surface area (Å²) in [5.74, 6) is 2.28. The average Bonchev–Trinajstić information content (AvgIpc) is 3.19. The zero-order valence-corrected chi connectivity index (χ0v) is 14.5. The molecule has 25 heavy (non-hydrogen) atoms. The van der Waals surface area contributed by atoms with Crippen LogP contribution in [-0.2, 0) is 6.54 Å². The Morgan fingerprint density at radius 2 is 1.96 bits per heavy atom. The van der Waals surface area contributed by atoms with Gasteiger partial charge in [-0.2, -0.15) is 0 Å². The first-order chi connectivity index (χ1) is 12.2. The number of piperazine rings is 1. The molecule has 3 rings (SSSR count). The van der Waals surface area contributed by atoms with Crippen LogP contribution < -0.4 is 19.7 Å². The number of amides is 2. The molecule has 1 fully saturated rings. The van der Waals surface area contributed by atoms with Gasteiger partial charge in [0.15, 0.2) is 0 Å². The van der Waals surface area contributed by atoms with Crippen LogP contribution in [-0.4, -0.2) is 51.3 Å². The SMILES string of the molecule is COc1ccc(N2CCN(C(=O)NCc3ccco3)CC2)c(OC)c1. The van der Waals surface area contributed by atoms with Gasteiger partial charge in [0.05, 0.1) is 32.7 Å². The molecule has 0 unspecified atom stereocenters. The zero-order chi connectivity index (χ0) is 17.6. The summed E-state index contributed by atoms with van der Waals surface area (Å²) in [7, 11) is 3.28. The lowest BCUT2D eigenvalue weighted by Gasteiger charge is -2.36. The van der Waals surface area contributed by atoms with E-state index in [9.17, 15) is 4.79 Å². The molecule has 1 aromatic carbocycles. The number of carbonyl (C=O) groups is 1. The van der Waals surface area contributed by atoms with E-state index in [1.165, 1.54) is 0 Å². The van der Waals surface area contributed by atoms with Gasteiger partial charge in [-0.25, -0.2) is 4.79 Å². The summed E-state index contributed by atoms with van der Waals surface area (Å²) >= 11 is 0. The van der Waals surface area contributed by atoms with E-state index in [2.05, 4.69) is 10.2 Å². The van der Waals surface area contributed by atoms with Crippen molar-refractivity contribution in [1.29, 1.82) is 0 Å². The number of nitrogens with one attached hydrogen (secondary N) is 1. The molecular formula is C18H23N3O4. The zero-order valence-electron chi connectivity index (χ0n) is 14.5. The van der Waals surface area contributed by atoms with Crippen molar-refractivity contribution in [3.63, 3.8) is 0 Å². The Morgan fingerprint density at radius 1 is 1.16 bits per heavy atom. The van der Waals surface area contributed by atoms with Gasteiger partial charge >= 0.3 is 6.03 Å². The minimum absolute atomic E-state index is 0.0715. The van der Waals surface area contributed by atoms with Gasteiger partial charge < -0.3 is 29.0 Å². The molecular weight excluding hydrogens is 322 g/mol. The molecule has 1 aliphatic rings.